The summed E-state index contributed by atoms with van der Waals surface area (Å²) in [6.45, 7) is 3.58. The van der Waals surface area contributed by atoms with Crippen LogP contribution in [0.1, 0.15) is 21.7 Å². The summed E-state index contributed by atoms with van der Waals surface area (Å²) >= 11 is 0. The predicted molar refractivity (Wildman–Crippen MR) is 58.2 cm³/mol. The Morgan fingerprint density at radius 3 is 2.56 bits per heavy atom. The number of nitrogens with zero attached hydrogens (tertiary/aromatic N) is 2. The molecule has 0 aliphatic carbocycles. The van der Waals surface area contributed by atoms with Gasteiger partial charge in [-0.2, -0.15) is 0 Å². The molecule has 5 heteroatoms. The monoisotopic (exact) mass is 217 g/mol. The lowest BCUT2D eigenvalue weighted by Crippen LogP contribution is -2.13. The van der Waals surface area contributed by atoms with Crippen LogP contribution in [0.25, 0.3) is 0 Å². The van der Waals surface area contributed by atoms with Crippen molar-refractivity contribution in [2.24, 2.45) is 0 Å². The van der Waals surface area contributed by atoms with Crippen LogP contribution >= 0.6 is 0 Å². The highest BCUT2D eigenvalue weighted by molar-refractivity contribution is 6.05. The summed E-state index contributed by atoms with van der Waals surface area (Å²) in [6, 6.07) is 0. The number of aromatic nitrogens is 2. The van der Waals surface area contributed by atoms with E-state index in [1.807, 2.05) is 6.92 Å². The van der Waals surface area contributed by atoms with Crippen LogP contribution in [0.4, 0.5) is 5.69 Å². The third-order valence-electron chi connectivity index (χ3n) is 2.20. The molecule has 2 aromatic rings. The van der Waals surface area contributed by atoms with Crippen molar-refractivity contribution in [3.8, 4) is 0 Å². The fourth-order valence-corrected chi connectivity index (χ4v) is 1.47. The number of aryl methyl sites for hydroxylation is 2. The Bertz CT molecular complexity index is 486. The molecule has 0 radical (unpaired) electrons. The summed E-state index contributed by atoms with van der Waals surface area (Å²) in [4.78, 5) is 19.5. The number of amides is 1. The maximum atomic E-state index is 11.9. The van der Waals surface area contributed by atoms with Gasteiger partial charge in [-0.3, -0.25) is 4.79 Å². The summed E-state index contributed by atoms with van der Waals surface area (Å²) in [5.41, 5.74) is 1.93. The summed E-state index contributed by atoms with van der Waals surface area (Å²) < 4.78 is 5.16. The van der Waals surface area contributed by atoms with Gasteiger partial charge in [-0.15, -0.1) is 0 Å². The van der Waals surface area contributed by atoms with Crippen LogP contribution < -0.4 is 5.32 Å². The van der Waals surface area contributed by atoms with Crippen molar-refractivity contribution in [1.82, 2.24) is 9.97 Å². The van der Waals surface area contributed by atoms with Crippen molar-refractivity contribution in [3.63, 3.8) is 0 Å². The molecule has 1 N–H and O–H groups in total. The van der Waals surface area contributed by atoms with Crippen molar-refractivity contribution >= 4 is 11.6 Å². The minimum absolute atomic E-state index is 0.210. The first-order chi connectivity index (χ1) is 7.68. The molecule has 2 aromatic heterocycles. The van der Waals surface area contributed by atoms with Crippen LogP contribution in [0, 0.1) is 13.8 Å². The zero-order valence-corrected chi connectivity index (χ0v) is 9.02. The van der Waals surface area contributed by atoms with E-state index in [1.54, 1.807) is 13.2 Å². The highest BCUT2D eigenvalue weighted by Crippen LogP contribution is 2.16. The first kappa shape index (κ1) is 10.4. The Kier molecular flexibility index (Phi) is 2.68. The number of furan rings is 1. The highest BCUT2D eigenvalue weighted by atomic mass is 16.3. The van der Waals surface area contributed by atoms with Crippen molar-refractivity contribution in [1.29, 1.82) is 0 Å². The first-order valence-electron chi connectivity index (χ1n) is 4.79. The minimum Gasteiger partial charge on any atom is -0.469 e. The molecule has 0 unspecified atom stereocenters. The number of carbonyl (C=O) groups is 1. The molecule has 0 spiro atoms. The van der Waals surface area contributed by atoms with Gasteiger partial charge in [-0.05, 0) is 13.8 Å². The molecule has 0 aromatic carbocycles. The third kappa shape index (κ3) is 1.93. The van der Waals surface area contributed by atoms with Gasteiger partial charge in [0.05, 0.1) is 29.9 Å². The van der Waals surface area contributed by atoms with Gasteiger partial charge in [0.2, 0.25) is 0 Å². The number of hydrogen-bond donors (Lipinski definition) is 1. The van der Waals surface area contributed by atoms with Crippen LogP contribution in [-0.4, -0.2) is 15.9 Å². The van der Waals surface area contributed by atoms with E-state index in [0.29, 0.717) is 17.0 Å². The lowest BCUT2D eigenvalue weighted by Gasteiger charge is -2.03. The molecule has 0 aliphatic heterocycles. The number of carbonyl (C=O) groups excluding carboxylic acids is 1. The second-order valence-electron chi connectivity index (χ2n) is 3.43. The smallest absolute Gasteiger partial charge is 0.259 e. The van der Waals surface area contributed by atoms with E-state index >= 15 is 0 Å². The Morgan fingerprint density at radius 1 is 1.31 bits per heavy atom. The average molecular weight is 217 g/mol. The van der Waals surface area contributed by atoms with Crippen molar-refractivity contribution in [3.05, 3.63) is 41.9 Å². The van der Waals surface area contributed by atoms with Crippen LogP contribution in [0.5, 0.6) is 0 Å². The van der Waals surface area contributed by atoms with E-state index in [1.165, 1.54) is 18.7 Å². The van der Waals surface area contributed by atoms with Crippen molar-refractivity contribution in [2.75, 3.05) is 5.32 Å². The second kappa shape index (κ2) is 4.14. The Hall–Kier alpha value is -2.17. The fourth-order valence-electron chi connectivity index (χ4n) is 1.47. The zero-order chi connectivity index (χ0) is 11.5. The normalized spacial score (nSPS) is 10.1. The molecular formula is C11H11N3O2. The SMILES string of the molecule is Cc1coc(C)c1C(=O)Nc1cncnc1. The maximum Gasteiger partial charge on any atom is 0.259 e. The lowest BCUT2D eigenvalue weighted by molar-refractivity contribution is 0.102. The summed E-state index contributed by atoms with van der Waals surface area (Å²) in [7, 11) is 0. The minimum atomic E-state index is -0.210. The quantitative estimate of drug-likeness (QED) is 0.834. The molecule has 16 heavy (non-hydrogen) atoms. The fraction of sp³-hybridized carbons (Fsp3) is 0.182. The molecule has 2 rings (SSSR count). The Balaban J connectivity index is 2.22. The van der Waals surface area contributed by atoms with Gasteiger partial charge in [0.25, 0.3) is 5.91 Å². The topological polar surface area (TPSA) is 68.0 Å². The molecule has 0 saturated heterocycles. The van der Waals surface area contributed by atoms with Crippen LogP contribution in [0.15, 0.2) is 29.4 Å². The van der Waals surface area contributed by atoms with Gasteiger partial charge in [-0.25, -0.2) is 9.97 Å². The molecule has 1 amide bonds. The molecule has 0 bridgehead atoms. The van der Waals surface area contributed by atoms with Gasteiger partial charge in [-0.1, -0.05) is 0 Å². The predicted octanol–water partition coefficient (Wildman–Crippen LogP) is 1.94. The third-order valence-corrected chi connectivity index (χ3v) is 2.20. The average Bonchev–Trinajstić information content (AvgIpc) is 2.60. The standard InChI is InChI=1S/C11H11N3O2/c1-7-5-16-8(2)10(7)11(15)14-9-3-12-6-13-4-9/h3-6H,1-2H3,(H,14,15). The van der Waals surface area contributed by atoms with E-state index in [4.69, 9.17) is 4.42 Å². The molecule has 82 valence electrons. The Morgan fingerprint density at radius 2 is 2.00 bits per heavy atom. The van der Waals surface area contributed by atoms with Crippen molar-refractivity contribution < 1.29 is 9.21 Å². The summed E-state index contributed by atoms with van der Waals surface area (Å²) in [5.74, 6) is 0.394. The number of hydrogen-bond acceptors (Lipinski definition) is 4. The molecule has 5 nitrogen and oxygen atoms in total. The zero-order valence-electron chi connectivity index (χ0n) is 9.02. The second-order valence-corrected chi connectivity index (χ2v) is 3.43. The number of anilines is 1. The van der Waals surface area contributed by atoms with E-state index in [2.05, 4.69) is 15.3 Å². The summed E-state index contributed by atoms with van der Waals surface area (Å²) in [6.07, 6.45) is 6.04. The van der Waals surface area contributed by atoms with Gasteiger partial charge < -0.3 is 9.73 Å². The van der Waals surface area contributed by atoms with E-state index in [9.17, 15) is 4.79 Å². The first-order valence-corrected chi connectivity index (χ1v) is 4.79. The molecule has 0 aliphatic rings. The van der Waals surface area contributed by atoms with Gasteiger partial charge in [0.1, 0.15) is 12.1 Å². The number of nitrogens with one attached hydrogen (secondary N) is 1. The van der Waals surface area contributed by atoms with Gasteiger partial charge in [0, 0.05) is 5.56 Å². The molecular weight excluding hydrogens is 206 g/mol. The van der Waals surface area contributed by atoms with Crippen LogP contribution in [-0.2, 0) is 0 Å². The van der Waals surface area contributed by atoms with Crippen LogP contribution in [0.3, 0.4) is 0 Å². The molecule has 0 fully saturated rings. The summed E-state index contributed by atoms with van der Waals surface area (Å²) in [5, 5.41) is 2.70. The Labute approximate surface area is 92.5 Å². The van der Waals surface area contributed by atoms with E-state index < -0.39 is 0 Å². The van der Waals surface area contributed by atoms with Crippen LogP contribution in [0.2, 0.25) is 0 Å². The van der Waals surface area contributed by atoms with Crippen molar-refractivity contribution in [2.45, 2.75) is 13.8 Å². The lowest BCUT2D eigenvalue weighted by atomic mass is 10.1. The van der Waals surface area contributed by atoms with E-state index in [0.717, 1.165) is 5.56 Å². The molecule has 0 saturated carbocycles. The maximum absolute atomic E-state index is 11.9. The van der Waals surface area contributed by atoms with Gasteiger partial charge >= 0.3 is 0 Å². The highest BCUT2D eigenvalue weighted by Gasteiger charge is 2.15. The largest absolute Gasteiger partial charge is 0.469 e. The van der Waals surface area contributed by atoms with E-state index in [-0.39, 0.29) is 5.91 Å². The molecule has 2 heterocycles. The van der Waals surface area contributed by atoms with Gasteiger partial charge in [0.15, 0.2) is 0 Å². The molecule has 0 atom stereocenters. The number of rotatable bonds is 2.